The van der Waals surface area contributed by atoms with Crippen molar-refractivity contribution in [2.24, 2.45) is 0 Å². The van der Waals surface area contributed by atoms with Gasteiger partial charge < -0.3 is 20.7 Å². The minimum Gasteiger partial charge on any atom is -0.469 e. The van der Waals surface area contributed by atoms with Crippen LogP contribution in [0.5, 0.6) is 0 Å². The molecule has 24 heavy (non-hydrogen) atoms. The molecule has 1 aromatic rings. The fourth-order valence-corrected chi connectivity index (χ4v) is 2.01. The summed E-state index contributed by atoms with van der Waals surface area (Å²) in [6, 6.07) is 6.81. The van der Waals surface area contributed by atoms with Gasteiger partial charge in [-0.1, -0.05) is 12.1 Å². The van der Waals surface area contributed by atoms with Crippen LogP contribution in [-0.4, -0.2) is 36.0 Å². The summed E-state index contributed by atoms with van der Waals surface area (Å²) in [5.74, 6) is -1.13. The van der Waals surface area contributed by atoms with Crippen LogP contribution in [0.3, 0.4) is 0 Å². The fraction of sp³-hybridized carbons (Fsp3) is 0.375. The van der Waals surface area contributed by atoms with Crippen molar-refractivity contribution in [3.8, 4) is 0 Å². The lowest BCUT2D eigenvalue weighted by atomic mass is 10.1. The van der Waals surface area contributed by atoms with E-state index in [0.29, 0.717) is 11.3 Å². The molecule has 0 fully saturated rings. The number of methoxy groups -OCH3 is 1. The van der Waals surface area contributed by atoms with Gasteiger partial charge >= 0.3 is 5.97 Å². The number of nitrogens with one attached hydrogen (secondary N) is 3. The first-order valence-corrected chi connectivity index (χ1v) is 7.81. The molecule has 8 heteroatoms. The number of rotatable bonds is 6. The van der Waals surface area contributed by atoms with Gasteiger partial charge in [-0.2, -0.15) is 0 Å². The van der Waals surface area contributed by atoms with Crippen LogP contribution in [0.2, 0.25) is 0 Å². The van der Waals surface area contributed by atoms with E-state index in [2.05, 4.69) is 20.7 Å². The zero-order valence-corrected chi connectivity index (χ0v) is 14.7. The summed E-state index contributed by atoms with van der Waals surface area (Å²) in [5, 5.41) is 8.12. The molecule has 0 saturated heterocycles. The maximum atomic E-state index is 12.2. The summed E-state index contributed by atoms with van der Waals surface area (Å²) in [7, 11) is 1.26. The second-order valence-corrected chi connectivity index (χ2v) is 5.66. The Hall–Kier alpha value is -2.48. The lowest BCUT2D eigenvalue weighted by molar-refractivity contribution is -0.142. The molecule has 3 N–H and O–H groups in total. The Labute approximate surface area is 146 Å². The van der Waals surface area contributed by atoms with Crippen LogP contribution in [0.4, 0.5) is 5.69 Å². The number of carbonyl (C=O) groups is 3. The number of carbonyl (C=O) groups excluding carboxylic acids is 3. The van der Waals surface area contributed by atoms with Crippen LogP contribution in [0.25, 0.3) is 0 Å². The standard InChI is InChI=1S/C16H21N3O4S/c1-10(2)17-15(22)11-6-4-5-7-12(11)18-16(24)19-13(20)8-9-14(21)23-3/h4-7,10H,8-9H2,1-3H3,(H,17,22)(H2,18,19,20,24). The summed E-state index contributed by atoms with van der Waals surface area (Å²) in [5.41, 5.74) is 0.895. The van der Waals surface area contributed by atoms with E-state index in [9.17, 15) is 14.4 Å². The molecule has 2 amide bonds. The molecule has 0 radical (unpaired) electrons. The molecule has 0 aliphatic heterocycles. The minimum atomic E-state index is -0.472. The van der Waals surface area contributed by atoms with Crippen molar-refractivity contribution in [3.05, 3.63) is 29.8 Å². The zero-order valence-electron chi connectivity index (χ0n) is 13.8. The van der Waals surface area contributed by atoms with Crippen LogP contribution in [0.15, 0.2) is 24.3 Å². The maximum absolute atomic E-state index is 12.2. The number of hydrogen-bond donors (Lipinski definition) is 3. The summed E-state index contributed by atoms with van der Waals surface area (Å²) < 4.78 is 4.46. The van der Waals surface area contributed by atoms with Gasteiger partial charge in [0.2, 0.25) is 5.91 Å². The van der Waals surface area contributed by atoms with Gasteiger partial charge in [-0.25, -0.2) is 0 Å². The van der Waals surface area contributed by atoms with Gasteiger partial charge in [0, 0.05) is 12.5 Å². The van der Waals surface area contributed by atoms with E-state index < -0.39 is 11.9 Å². The second kappa shape index (κ2) is 9.61. The number of anilines is 1. The summed E-state index contributed by atoms with van der Waals surface area (Å²) in [6.45, 7) is 3.72. The monoisotopic (exact) mass is 351 g/mol. The molecule has 0 unspecified atom stereocenters. The second-order valence-electron chi connectivity index (χ2n) is 5.25. The van der Waals surface area contributed by atoms with Gasteiger partial charge in [0.05, 0.1) is 24.8 Å². The molecule has 1 rings (SSSR count). The molecule has 0 spiro atoms. The van der Waals surface area contributed by atoms with Gasteiger partial charge in [-0.05, 0) is 38.2 Å². The van der Waals surface area contributed by atoms with Crippen LogP contribution >= 0.6 is 12.2 Å². The van der Waals surface area contributed by atoms with E-state index in [1.54, 1.807) is 24.3 Å². The van der Waals surface area contributed by atoms with Gasteiger partial charge in [0.1, 0.15) is 0 Å². The number of hydrogen-bond acceptors (Lipinski definition) is 5. The largest absolute Gasteiger partial charge is 0.469 e. The van der Waals surface area contributed by atoms with Crippen molar-refractivity contribution >= 4 is 40.8 Å². The smallest absolute Gasteiger partial charge is 0.306 e. The Morgan fingerprint density at radius 2 is 1.83 bits per heavy atom. The molecule has 0 aliphatic carbocycles. The van der Waals surface area contributed by atoms with Gasteiger partial charge in [0.15, 0.2) is 5.11 Å². The Bertz CT molecular complexity index is 632. The van der Waals surface area contributed by atoms with E-state index in [1.165, 1.54) is 7.11 Å². The molecular formula is C16H21N3O4S. The summed E-state index contributed by atoms with van der Waals surface area (Å²) >= 11 is 5.06. The van der Waals surface area contributed by atoms with Crippen LogP contribution in [0.1, 0.15) is 37.0 Å². The van der Waals surface area contributed by atoms with Gasteiger partial charge in [-0.3, -0.25) is 14.4 Å². The highest BCUT2D eigenvalue weighted by molar-refractivity contribution is 7.80. The third-order valence-corrected chi connectivity index (χ3v) is 3.08. The van der Waals surface area contributed by atoms with Gasteiger partial charge in [0.25, 0.3) is 5.91 Å². The molecule has 0 aliphatic rings. The van der Waals surface area contributed by atoms with Crippen molar-refractivity contribution in [1.82, 2.24) is 10.6 Å². The van der Waals surface area contributed by atoms with Crippen molar-refractivity contribution in [1.29, 1.82) is 0 Å². The van der Waals surface area contributed by atoms with E-state index in [-0.39, 0.29) is 29.9 Å². The van der Waals surface area contributed by atoms with Crippen molar-refractivity contribution < 1.29 is 19.1 Å². The highest BCUT2D eigenvalue weighted by Crippen LogP contribution is 2.15. The lowest BCUT2D eigenvalue weighted by Gasteiger charge is -2.14. The number of esters is 1. The molecule has 1 aromatic carbocycles. The first kappa shape index (κ1) is 19.6. The highest BCUT2D eigenvalue weighted by atomic mass is 32.1. The Kier molecular flexibility index (Phi) is 7.84. The van der Waals surface area contributed by atoms with Crippen molar-refractivity contribution in [3.63, 3.8) is 0 Å². The first-order chi connectivity index (χ1) is 11.3. The van der Waals surface area contributed by atoms with E-state index in [4.69, 9.17) is 12.2 Å². The van der Waals surface area contributed by atoms with Gasteiger partial charge in [-0.15, -0.1) is 0 Å². The normalized spacial score (nSPS) is 10.0. The molecule has 7 nitrogen and oxygen atoms in total. The maximum Gasteiger partial charge on any atom is 0.306 e. The van der Waals surface area contributed by atoms with Crippen LogP contribution < -0.4 is 16.0 Å². The molecule has 0 saturated carbocycles. The predicted octanol–water partition coefficient (Wildman–Crippen LogP) is 1.59. The summed E-state index contributed by atoms with van der Waals surface area (Å²) in [6.07, 6.45) is -0.0672. The number of benzene rings is 1. The van der Waals surface area contributed by atoms with Crippen molar-refractivity contribution in [2.45, 2.75) is 32.7 Å². The first-order valence-electron chi connectivity index (χ1n) is 7.41. The van der Waals surface area contributed by atoms with Crippen molar-refractivity contribution in [2.75, 3.05) is 12.4 Å². The van der Waals surface area contributed by atoms with Crippen LogP contribution in [-0.2, 0) is 14.3 Å². The minimum absolute atomic E-state index is 0.00414. The van der Waals surface area contributed by atoms with Crippen LogP contribution in [0, 0.1) is 0 Å². The average molecular weight is 351 g/mol. The number of ether oxygens (including phenoxy) is 1. The van der Waals surface area contributed by atoms with E-state index in [0.717, 1.165) is 0 Å². The Balaban J connectivity index is 2.65. The fourth-order valence-electron chi connectivity index (χ4n) is 1.79. The third kappa shape index (κ3) is 6.74. The zero-order chi connectivity index (χ0) is 18.1. The average Bonchev–Trinajstić information content (AvgIpc) is 2.52. The molecule has 0 atom stereocenters. The predicted molar refractivity (Wildman–Crippen MR) is 94.7 cm³/mol. The highest BCUT2D eigenvalue weighted by Gasteiger charge is 2.14. The van der Waals surface area contributed by atoms with E-state index >= 15 is 0 Å². The molecule has 0 heterocycles. The topological polar surface area (TPSA) is 96.5 Å². The van der Waals surface area contributed by atoms with E-state index in [1.807, 2.05) is 13.8 Å². The molecule has 130 valence electrons. The number of para-hydroxylation sites is 1. The molecule has 0 bridgehead atoms. The lowest BCUT2D eigenvalue weighted by Crippen LogP contribution is -2.35. The number of thiocarbonyl (C=S) groups is 1. The molecule has 0 aromatic heterocycles. The summed E-state index contributed by atoms with van der Waals surface area (Å²) in [4.78, 5) is 34.9. The Morgan fingerprint density at radius 1 is 1.17 bits per heavy atom. The quantitative estimate of drug-likeness (QED) is 0.532. The Morgan fingerprint density at radius 3 is 2.46 bits per heavy atom. The number of amides is 2. The third-order valence-electron chi connectivity index (χ3n) is 2.88. The molecular weight excluding hydrogens is 330 g/mol. The SMILES string of the molecule is COC(=O)CCC(=O)NC(=S)Nc1ccccc1C(=O)NC(C)C.